The lowest BCUT2D eigenvalue weighted by Gasteiger charge is -2.00. The number of para-hydroxylation sites is 1. The maximum absolute atomic E-state index is 10.5. The molecule has 0 aliphatic heterocycles. The molecular formula is C10H6ClNO. The molecule has 0 saturated carbocycles. The van der Waals surface area contributed by atoms with E-state index in [-0.39, 0.29) is 0 Å². The van der Waals surface area contributed by atoms with E-state index in [9.17, 15) is 4.79 Å². The third-order valence-electron chi connectivity index (χ3n) is 1.86. The van der Waals surface area contributed by atoms with Crippen LogP contribution in [0.5, 0.6) is 0 Å². The smallest absolute Gasteiger partial charge is 0.153 e. The van der Waals surface area contributed by atoms with Gasteiger partial charge in [0, 0.05) is 11.6 Å². The van der Waals surface area contributed by atoms with E-state index < -0.39 is 0 Å². The molecule has 64 valence electrons. The summed E-state index contributed by atoms with van der Waals surface area (Å²) in [6, 6.07) is 7.45. The van der Waals surface area contributed by atoms with Gasteiger partial charge >= 0.3 is 0 Å². The van der Waals surface area contributed by atoms with Gasteiger partial charge in [0.25, 0.3) is 0 Å². The summed E-state index contributed by atoms with van der Waals surface area (Å²) in [7, 11) is 0. The lowest BCUT2D eigenvalue weighted by Crippen LogP contribution is -1.86. The van der Waals surface area contributed by atoms with E-state index in [0.717, 1.165) is 10.9 Å². The fraction of sp³-hybridized carbons (Fsp3) is 0. The molecule has 2 rings (SSSR count). The summed E-state index contributed by atoms with van der Waals surface area (Å²) >= 11 is 5.97. The number of halogens is 1. The van der Waals surface area contributed by atoms with Gasteiger partial charge in [0.15, 0.2) is 6.29 Å². The van der Waals surface area contributed by atoms with Crippen LogP contribution in [0.25, 0.3) is 10.9 Å². The van der Waals surface area contributed by atoms with Crippen LogP contribution in [0.2, 0.25) is 5.02 Å². The molecular weight excluding hydrogens is 186 g/mol. The molecule has 3 heteroatoms. The summed E-state index contributed by atoms with van der Waals surface area (Å²) in [6.07, 6.45) is 2.19. The third kappa shape index (κ3) is 1.29. The zero-order valence-corrected chi connectivity index (χ0v) is 7.45. The Morgan fingerprint density at radius 1 is 1.31 bits per heavy atom. The quantitative estimate of drug-likeness (QED) is 0.649. The molecule has 0 unspecified atom stereocenters. The average Bonchev–Trinajstić information content (AvgIpc) is 2.19. The Kier molecular flexibility index (Phi) is 1.99. The van der Waals surface area contributed by atoms with E-state index in [4.69, 9.17) is 11.6 Å². The molecule has 1 aromatic carbocycles. The molecule has 0 N–H and O–H groups in total. The van der Waals surface area contributed by atoms with Gasteiger partial charge in [0.05, 0.1) is 16.1 Å². The van der Waals surface area contributed by atoms with Crippen molar-refractivity contribution in [2.75, 3.05) is 0 Å². The van der Waals surface area contributed by atoms with Crippen LogP contribution in [0.15, 0.2) is 30.5 Å². The van der Waals surface area contributed by atoms with Crippen LogP contribution in [0, 0.1) is 0 Å². The molecule has 0 aliphatic rings. The molecule has 0 fully saturated rings. The molecule has 0 saturated heterocycles. The first-order chi connectivity index (χ1) is 6.33. The molecule has 0 spiro atoms. The van der Waals surface area contributed by atoms with Crippen molar-refractivity contribution in [3.8, 4) is 0 Å². The highest BCUT2D eigenvalue weighted by Gasteiger charge is 2.04. The third-order valence-corrected chi connectivity index (χ3v) is 2.29. The van der Waals surface area contributed by atoms with Crippen LogP contribution >= 0.6 is 11.6 Å². The number of carbonyl (C=O) groups is 1. The highest BCUT2D eigenvalue weighted by Crippen LogP contribution is 2.23. The Balaban J connectivity index is 2.86. The fourth-order valence-electron chi connectivity index (χ4n) is 1.21. The second kappa shape index (κ2) is 3.15. The van der Waals surface area contributed by atoms with Crippen molar-refractivity contribution in [3.63, 3.8) is 0 Å². The summed E-state index contributed by atoms with van der Waals surface area (Å²) in [5.74, 6) is 0. The number of aldehydes is 1. The SMILES string of the molecule is O=Cc1cnc2ccccc2c1Cl. The predicted octanol–water partition coefficient (Wildman–Crippen LogP) is 2.70. The Hall–Kier alpha value is -1.41. The molecule has 1 aromatic heterocycles. The second-order valence-electron chi connectivity index (χ2n) is 2.66. The molecule has 13 heavy (non-hydrogen) atoms. The number of aromatic nitrogens is 1. The standard InChI is InChI=1S/C10H6ClNO/c11-10-7(6-13)5-12-9-4-2-1-3-8(9)10/h1-6H. The molecule has 0 amide bonds. The largest absolute Gasteiger partial charge is 0.298 e. The van der Waals surface area contributed by atoms with Gasteiger partial charge in [-0.1, -0.05) is 29.8 Å². The first-order valence-corrected chi connectivity index (χ1v) is 4.19. The average molecular weight is 192 g/mol. The number of benzene rings is 1. The predicted molar refractivity (Wildman–Crippen MR) is 52.1 cm³/mol. The fourth-order valence-corrected chi connectivity index (χ4v) is 1.46. The zero-order valence-electron chi connectivity index (χ0n) is 6.70. The highest BCUT2D eigenvalue weighted by molar-refractivity contribution is 6.37. The Morgan fingerprint density at radius 2 is 2.08 bits per heavy atom. The minimum absolute atomic E-state index is 0.431. The van der Waals surface area contributed by atoms with Crippen LogP contribution in [0.1, 0.15) is 10.4 Å². The van der Waals surface area contributed by atoms with E-state index in [2.05, 4.69) is 4.98 Å². The molecule has 0 bridgehead atoms. The maximum Gasteiger partial charge on any atom is 0.153 e. The van der Waals surface area contributed by atoms with Crippen molar-refractivity contribution >= 4 is 28.8 Å². The van der Waals surface area contributed by atoms with Crippen molar-refractivity contribution in [1.82, 2.24) is 4.98 Å². The first kappa shape index (κ1) is 8.20. The van der Waals surface area contributed by atoms with Gasteiger partial charge in [0.1, 0.15) is 0 Å². The van der Waals surface area contributed by atoms with Crippen LogP contribution in [0.4, 0.5) is 0 Å². The van der Waals surface area contributed by atoms with E-state index >= 15 is 0 Å². The van der Waals surface area contributed by atoms with Crippen molar-refractivity contribution in [2.45, 2.75) is 0 Å². The Bertz CT molecular complexity index is 467. The van der Waals surface area contributed by atoms with Gasteiger partial charge in [-0.25, -0.2) is 0 Å². The molecule has 0 aliphatic carbocycles. The lowest BCUT2D eigenvalue weighted by atomic mass is 10.2. The number of carbonyl (C=O) groups excluding carboxylic acids is 1. The first-order valence-electron chi connectivity index (χ1n) is 3.81. The number of hydrogen-bond donors (Lipinski definition) is 0. The van der Waals surface area contributed by atoms with Crippen molar-refractivity contribution in [2.24, 2.45) is 0 Å². The number of pyridine rings is 1. The van der Waals surface area contributed by atoms with Crippen LogP contribution in [-0.2, 0) is 0 Å². The van der Waals surface area contributed by atoms with E-state index in [1.54, 1.807) is 0 Å². The number of hydrogen-bond acceptors (Lipinski definition) is 2. The minimum atomic E-state index is 0.431. The summed E-state index contributed by atoms with van der Waals surface area (Å²) in [5, 5.41) is 1.29. The molecule has 2 nitrogen and oxygen atoms in total. The van der Waals surface area contributed by atoms with Crippen molar-refractivity contribution in [1.29, 1.82) is 0 Å². The summed E-state index contributed by atoms with van der Waals surface area (Å²) in [5.41, 5.74) is 1.23. The normalized spacial score (nSPS) is 10.2. The number of rotatable bonds is 1. The van der Waals surface area contributed by atoms with Crippen molar-refractivity contribution in [3.05, 3.63) is 41.0 Å². The highest BCUT2D eigenvalue weighted by atomic mass is 35.5. The van der Waals surface area contributed by atoms with E-state index in [0.29, 0.717) is 16.9 Å². The van der Waals surface area contributed by atoms with Crippen LogP contribution in [0.3, 0.4) is 0 Å². The Labute approximate surface area is 80.2 Å². The van der Waals surface area contributed by atoms with Gasteiger partial charge in [-0.2, -0.15) is 0 Å². The minimum Gasteiger partial charge on any atom is -0.298 e. The number of nitrogens with zero attached hydrogens (tertiary/aromatic N) is 1. The molecule has 2 aromatic rings. The zero-order chi connectivity index (χ0) is 9.26. The molecule has 0 radical (unpaired) electrons. The van der Waals surface area contributed by atoms with Gasteiger partial charge in [-0.3, -0.25) is 9.78 Å². The van der Waals surface area contributed by atoms with Crippen LogP contribution in [-0.4, -0.2) is 11.3 Å². The van der Waals surface area contributed by atoms with Crippen molar-refractivity contribution < 1.29 is 4.79 Å². The number of fused-ring (bicyclic) bond motifs is 1. The summed E-state index contributed by atoms with van der Waals surface area (Å²) < 4.78 is 0. The van der Waals surface area contributed by atoms with E-state index in [1.165, 1.54) is 6.20 Å². The van der Waals surface area contributed by atoms with Gasteiger partial charge in [-0.05, 0) is 6.07 Å². The van der Waals surface area contributed by atoms with Gasteiger partial charge < -0.3 is 0 Å². The summed E-state index contributed by atoms with van der Waals surface area (Å²) in [6.45, 7) is 0. The van der Waals surface area contributed by atoms with Gasteiger partial charge in [0.2, 0.25) is 0 Å². The topological polar surface area (TPSA) is 30.0 Å². The molecule has 0 atom stereocenters. The second-order valence-corrected chi connectivity index (χ2v) is 3.04. The van der Waals surface area contributed by atoms with Gasteiger partial charge in [-0.15, -0.1) is 0 Å². The lowest BCUT2D eigenvalue weighted by molar-refractivity contribution is 0.112. The molecule has 1 heterocycles. The summed E-state index contributed by atoms with van der Waals surface area (Å²) in [4.78, 5) is 14.6. The monoisotopic (exact) mass is 191 g/mol. The Morgan fingerprint density at radius 3 is 2.85 bits per heavy atom. The van der Waals surface area contributed by atoms with E-state index in [1.807, 2.05) is 24.3 Å². The van der Waals surface area contributed by atoms with Crippen LogP contribution < -0.4 is 0 Å². The maximum atomic E-state index is 10.5.